The van der Waals surface area contributed by atoms with Gasteiger partial charge in [0.15, 0.2) is 0 Å². The summed E-state index contributed by atoms with van der Waals surface area (Å²) in [6.07, 6.45) is 6.62. The Morgan fingerprint density at radius 3 is 2.83 bits per heavy atom. The fourth-order valence-electron chi connectivity index (χ4n) is 2.82. The van der Waals surface area contributed by atoms with E-state index in [4.69, 9.17) is 4.74 Å². The van der Waals surface area contributed by atoms with Gasteiger partial charge in [0.05, 0.1) is 6.10 Å². The van der Waals surface area contributed by atoms with Gasteiger partial charge in [-0.3, -0.25) is 0 Å². The van der Waals surface area contributed by atoms with Gasteiger partial charge in [-0.25, -0.2) is 0 Å². The Morgan fingerprint density at radius 1 is 1.33 bits per heavy atom. The van der Waals surface area contributed by atoms with Crippen molar-refractivity contribution in [1.29, 1.82) is 0 Å². The second kappa shape index (κ2) is 6.91. The van der Waals surface area contributed by atoms with E-state index in [1.165, 1.54) is 36.8 Å². The lowest BCUT2D eigenvalue weighted by molar-refractivity contribution is 0.00865. The second-order valence-corrected chi connectivity index (χ2v) is 5.26. The molecule has 2 unspecified atom stereocenters. The van der Waals surface area contributed by atoms with Crippen LogP contribution in [0.4, 0.5) is 0 Å². The minimum absolute atomic E-state index is 0.455. The maximum absolute atomic E-state index is 5.81. The molecule has 0 spiro atoms. The minimum Gasteiger partial charge on any atom is -0.378 e. The highest BCUT2D eigenvalue weighted by atomic mass is 16.5. The molecule has 1 aromatic carbocycles. The summed E-state index contributed by atoms with van der Waals surface area (Å²) in [6, 6.07) is 9.12. The summed E-state index contributed by atoms with van der Waals surface area (Å²) in [5, 5.41) is 3.44. The summed E-state index contributed by atoms with van der Waals surface area (Å²) in [5.74, 6) is 0. The zero-order valence-electron chi connectivity index (χ0n) is 11.6. The Kier molecular flexibility index (Phi) is 5.21. The molecule has 0 aromatic heterocycles. The van der Waals surface area contributed by atoms with Crippen LogP contribution in [0.25, 0.3) is 0 Å². The maximum atomic E-state index is 5.81. The van der Waals surface area contributed by atoms with E-state index in [9.17, 15) is 0 Å². The lowest BCUT2D eigenvalue weighted by Gasteiger charge is -2.25. The van der Waals surface area contributed by atoms with Gasteiger partial charge in [0, 0.05) is 12.6 Å². The van der Waals surface area contributed by atoms with Crippen molar-refractivity contribution in [3.05, 3.63) is 35.4 Å². The second-order valence-electron chi connectivity index (χ2n) is 5.26. The largest absolute Gasteiger partial charge is 0.378 e. The Hall–Kier alpha value is -0.860. The Morgan fingerprint density at radius 2 is 2.17 bits per heavy atom. The Balaban J connectivity index is 1.91. The van der Waals surface area contributed by atoms with Crippen molar-refractivity contribution in [2.24, 2.45) is 0 Å². The van der Waals surface area contributed by atoms with Crippen molar-refractivity contribution in [1.82, 2.24) is 5.32 Å². The summed E-state index contributed by atoms with van der Waals surface area (Å²) in [5.41, 5.74) is 2.80. The quantitative estimate of drug-likeness (QED) is 0.858. The molecule has 0 saturated carbocycles. The van der Waals surface area contributed by atoms with Gasteiger partial charge in [-0.05, 0) is 57.2 Å². The molecule has 1 saturated heterocycles. The van der Waals surface area contributed by atoms with Crippen molar-refractivity contribution in [3.8, 4) is 0 Å². The molecular weight excluding hydrogens is 222 g/mol. The molecule has 1 heterocycles. The van der Waals surface area contributed by atoms with Gasteiger partial charge in [0.2, 0.25) is 0 Å². The molecule has 2 atom stereocenters. The lowest BCUT2D eigenvalue weighted by atomic mass is 9.95. The first kappa shape index (κ1) is 13.6. The van der Waals surface area contributed by atoms with E-state index in [0.717, 1.165) is 13.0 Å². The first-order chi connectivity index (χ1) is 8.81. The van der Waals surface area contributed by atoms with Gasteiger partial charge in [0.25, 0.3) is 0 Å². The van der Waals surface area contributed by atoms with E-state index in [0.29, 0.717) is 12.1 Å². The van der Waals surface area contributed by atoms with E-state index < -0.39 is 0 Å². The maximum Gasteiger partial charge on any atom is 0.0575 e. The van der Waals surface area contributed by atoms with Gasteiger partial charge >= 0.3 is 0 Å². The fraction of sp³-hybridized carbons (Fsp3) is 0.625. The van der Waals surface area contributed by atoms with Crippen LogP contribution in [-0.2, 0) is 4.74 Å². The molecule has 1 fully saturated rings. The smallest absolute Gasteiger partial charge is 0.0575 e. The zero-order valence-corrected chi connectivity index (χ0v) is 11.6. The third kappa shape index (κ3) is 3.56. The van der Waals surface area contributed by atoms with Gasteiger partial charge in [-0.15, -0.1) is 0 Å². The number of nitrogens with one attached hydrogen (secondary N) is 1. The van der Waals surface area contributed by atoms with Crippen LogP contribution in [0.15, 0.2) is 24.3 Å². The molecule has 1 aromatic rings. The minimum atomic E-state index is 0.455. The highest BCUT2D eigenvalue weighted by Gasteiger charge is 2.17. The number of hydrogen-bond acceptors (Lipinski definition) is 2. The predicted octanol–water partition coefficient (Wildman–Crippen LogP) is 3.60. The summed E-state index contributed by atoms with van der Waals surface area (Å²) in [7, 11) is 2.05. The van der Waals surface area contributed by atoms with Crippen molar-refractivity contribution in [3.63, 3.8) is 0 Å². The Bertz CT molecular complexity index is 358. The van der Waals surface area contributed by atoms with Crippen molar-refractivity contribution >= 4 is 0 Å². The van der Waals surface area contributed by atoms with Crippen molar-refractivity contribution in [2.45, 2.75) is 51.2 Å². The van der Waals surface area contributed by atoms with Crippen LogP contribution in [0, 0.1) is 6.92 Å². The first-order valence-electron chi connectivity index (χ1n) is 7.15. The third-order valence-corrected chi connectivity index (χ3v) is 3.96. The molecule has 2 nitrogen and oxygen atoms in total. The first-order valence-corrected chi connectivity index (χ1v) is 7.15. The van der Waals surface area contributed by atoms with Crippen LogP contribution in [0.5, 0.6) is 0 Å². The fourth-order valence-corrected chi connectivity index (χ4v) is 2.82. The molecule has 2 heteroatoms. The molecular formula is C16H25NO. The van der Waals surface area contributed by atoms with Crippen LogP contribution in [0.3, 0.4) is 0 Å². The van der Waals surface area contributed by atoms with Gasteiger partial charge < -0.3 is 10.1 Å². The molecule has 1 aliphatic heterocycles. The summed E-state index contributed by atoms with van der Waals surface area (Å²) >= 11 is 0. The van der Waals surface area contributed by atoms with Crippen LogP contribution >= 0.6 is 0 Å². The summed E-state index contributed by atoms with van der Waals surface area (Å²) in [4.78, 5) is 0. The van der Waals surface area contributed by atoms with Gasteiger partial charge in [-0.2, -0.15) is 0 Å². The number of ether oxygens (including phenoxy) is 1. The van der Waals surface area contributed by atoms with Gasteiger partial charge in [0.1, 0.15) is 0 Å². The van der Waals surface area contributed by atoms with Gasteiger partial charge in [-0.1, -0.05) is 24.3 Å². The van der Waals surface area contributed by atoms with E-state index in [-0.39, 0.29) is 0 Å². The van der Waals surface area contributed by atoms with E-state index in [2.05, 4.69) is 43.6 Å². The van der Waals surface area contributed by atoms with E-state index in [1.54, 1.807) is 0 Å². The molecule has 0 amide bonds. The molecule has 100 valence electrons. The standard InChI is InChI=1S/C16H25NO/c1-13-7-3-4-9-15(13)16(17-2)11-10-14-8-5-6-12-18-14/h3-4,7,9,14,16-17H,5-6,8,10-12H2,1-2H3. The number of hydrogen-bond donors (Lipinski definition) is 1. The predicted molar refractivity (Wildman–Crippen MR) is 75.8 cm³/mol. The highest BCUT2D eigenvalue weighted by Crippen LogP contribution is 2.25. The van der Waals surface area contributed by atoms with Crippen LogP contribution < -0.4 is 5.32 Å². The average molecular weight is 247 g/mol. The van der Waals surface area contributed by atoms with Crippen LogP contribution in [0.2, 0.25) is 0 Å². The van der Waals surface area contributed by atoms with E-state index >= 15 is 0 Å². The topological polar surface area (TPSA) is 21.3 Å². The molecule has 0 bridgehead atoms. The molecule has 18 heavy (non-hydrogen) atoms. The highest BCUT2D eigenvalue weighted by molar-refractivity contribution is 5.28. The molecule has 2 rings (SSSR count). The van der Waals surface area contributed by atoms with E-state index in [1.807, 2.05) is 0 Å². The Labute approximate surface area is 111 Å². The van der Waals surface area contributed by atoms with Crippen LogP contribution in [0.1, 0.15) is 49.3 Å². The lowest BCUT2D eigenvalue weighted by Crippen LogP contribution is -2.23. The monoisotopic (exact) mass is 247 g/mol. The molecule has 0 aliphatic carbocycles. The summed E-state index contributed by atoms with van der Waals surface area (Å²) < 4.78 is 5.81. The molecule has 0 radical (unpaired) electrons. The summed E-state index contributed by atoms with van der Waals surface area (Å²) in [6.45, 7) is 3.15. The number of aryl methyl sites for hydroxylation is 1. The number of benzene rings is 1. The SMILES string of the molecule is CNC(CCC1CCCCO1)c1ccccc1C. The van der Waals surface area contributed by atoms with Crippen LogP contribution in [-0.4, -0.2) is 19.8 Å². The average Bonchev–Trinajstić information content (AvgIpc) is 2.42. The number of rotatable bonds is 5. The zero-order chi connectivity index (χ0) is 12.8. The molecule has 1 N–H and O–H groups in total. The normalized spacial score (nSPS) is 21.8. The van der Waals surface area contributed by atoms with Crippen molar-refractivity contribution in [2.75, 3.05) is 13.7 Å². The third-order valence-electron chi connectivity index (χ3n) is 3.96. The van der Waals surface area contributed by atoms with Crippen molar-refractivity contribution < 1.29 is 4.74 Å². The molecule has 1 aliphatic rings.